The van der Waals surface area contributed by atoms with Crippen molar-refractivity contribution in [2.24, 2.45) is 5.92 Å². The molecule has 0 radical (unpaired) electrons. The minimum Gasteiger partial charge on any atom is -0.481 e. The Labute approximate surface area is 135 Å². The number of aromatic amines is 1. The molecule has 0 aromatic carbocycles. The van der Waals surface area contributed by atoms with Crippen molar-refractivity contribution < 1.29 is 9.47 Å². The average molecular weight is 314 g/mol. The van der Waals surface area contributed by atoms with Gasteiger partial charge in [-0.1, -0.05) is 0 Å². The highest BCUT2D eigenvalue weighted by molar-refractivity contribution is 5.55. The predicted molar refractivity (Wildman–Crippen MR) is 86.3 cm³/mol. The molecule has 2 aliphatic rings. The summed E-state index contributed by atoms with van der Waals surface area (Å²) in [5.41, 5.74) is 3.42. The number of ether oxygens (including phenoxy) is 2. The number of pyridine rings is 1. The molecule has 23 heavy (non-hydrogen) atoms. The van der Waals surface area contributed by atoms with Crippen molar-refractivity contribution in [2.75, 3.05) is 33.4 Å². The van der Waals surface area contributed by atoms with E-state index in [0.29, 0.717) is 11.8 Å². The maximum atomic E-state index is 5.48. The van der Waals surface area contributed by atoms with Gasteiger partial charge in [-0.15, -0.1) is 0 Å². The molecule has 1 saturated heterocycles. The summed E-state index contributed by atoms with van der Waals surface area (Å²) in [7, 11) is 1.62. The van der Waals surface area contributed by atoms with E-state index in [1.54, 1.807) is 13.3 Å². The first-order chi connectivity index (χ1) is 11.3. The molecule has 4 rings (SSSR count). The van der Waals surface area contributed by atoms with Gasteiger partial charge in [0.25, 0.3) is 0 Å². The van der Waals surface area contributed by atoms with Crippen LogP contribution in [0.2, 0.25) is 0 Å². The molecule has 1 fully saturated rings. The molecule has 2 aliphatic heterocycles. The van der Waals surface area contributed by atoms with E-state index in [4.69, 9.17) is 14.5 Å². The van der Waals surface area contributed by atoms with Gasteiger partial charge in [0.2, 0.25) is 5.88 Å². The number of hydrogen-bond donors (Lipinski definition) is 1. The van der Waals surface area contributed by atoms with Crippen molar-refractivity contribution in [3.63, 3.8) is 0 Å². The maximum absolute atomic E-state index is 5.48. The fourth-order valence-corrected chi connectivity index (χ4v) is 3.38. The number of fused-ring (bicyclic) bond motifs is 1. The van der Waals surface area contributed by atoms with Crippen LogP contribution in [0.3, 0.4) is 0 Å². The van der Waals surface area contributed by atoms with Gasteiger partial charge in [-0.2, -0.15) is 0 Å². The summed E-state index contributed by atoms with van der Waals surface area (Å²) in [6, 6.07) is 3.85. The topological polar surface area (TPSA) is 63.3 Å². The molecule has 0 aliphatic carbocycles. The Morgan fingerprint density at radius 3 is 3.13 bits per heavy atom. The second-order valence-corrected chi connectivity index (χ2v) is 6.31. The van der Waals surface area contributed by atoms with Crippen LogP contribution in [0.5, 0.6) is 5.88 Å². The number of methoxy groups -OCH3 is 1. The zero-order valence-corrected chi connectivity index (χ0v) is 13.4. The van der Waals surface area contributed by atoms with Gasteiger partial charge in [0, 0.05) is 50.5 Å². The van der Waals surface area contributed by atoms with Crippen molar-refractivity contribution in [3.8, 4) is 17.3 Å². The van der Waals surface area contributed by atoms with E-state index in [-0.39, 0.29) is 0 Å². The number of aromatic nitrogens is 3. The highest BCUT2D eigenvalue weighted by Gasteiger charge is 2.24. The summed E-state index contributed by atoms with van der Waals surface area (Å²) in [6.45, 7) is 4.98. The lowest BCUT2D eigenvalue weighted by atomic mass is 10.1. The highest BCUT2D eigenvalue weighted by atomic mass is 16.5. The van der Waals surface area contributed by atoms with Gasteiger partial charge >= 0.3 is 0 Å². The molecule has 0 saturated carbocycles. The quantitative estimate of drug-likeness (QED) is 0.933. The Balaban J connectivity index is 1.47. The molecular weight excluding hydrogens is 292 g/mol. The number of rotatable bonds is 4. The van der Waals surface area contributed by atoms with E-state index in [2.05, 4.69) is 14.9 Å². The van der Waals surface area contributed by atoms with Gasteiger partial charge in [0.1, 0.15) is 5.82 Å². The van der Waals surface area contributed by atoms with Gasteiger partial charge in [-0.3, -0.25) is 4.90 Å². The largest absolute Gasteiger partial charge is 0.481 e. The normalized spacial score (nSPS) is 21.3. The Morgan fingerprint density at radius 1 is 1.43 bits per heavy atom. The fraction of sp³-hybridized carbons (Fsp3) is 0.529. The number of H-pyrrole nitrogens is 1. The number of imidazole rings is 1. The molecule has 0 spiro atoms. The monoisotopic (exact) mass is 314 g/mol. The van der Waals surface area contributed by atoms with Crippen molar-refractivity contribution in [1.29, 1.82) is 0 Å². The number of nitrogens with one attached hydrogen (secondary N) is 1. The van der Waals surface area contributed by atoms with Crippen LogP contribution in [0, 0.1) is 5.92 Å². The molecule has 2 aromatic rings. The smallest absolute Gasteiger partial charge is 0.212 e. The van der Waals surface area contributed by atoms with E-state index in [1.165, 1.54) is 17.8 Å². The number of nitrogens with zero attached hydrogens (tertiary/aromatic N) is 3. The lowest BCUT2D eigenvalue weighted by molar-refractivity contribution is 0.161. The molecule has 0 amide bonds. The first kappa shape index (κ1) is 14.7. The summed E-state index contributed by atoms with van der Waals surface area (Å²) in [5, 5.41) is 0. The third-order valence-electron chi connectivity index (χ3n) is 4.67. The van der Waals surface area contributed by atoms with Gasteiger partial charge in [0.05, 0.1) is 25.1 Å². The third kappa shape index (κ3) is 3.09. The van der Waals surface area contributed by atoms with E-state index < -0.39 is 0 Å². The second kappa shape index (κ2) is 6.29. The lowest BCUT2D eigenvalue weighted by Gasteiger charge is -2.27. The maximum Gasteiger partial charge on any atom is 0.212 e. The first-order valence-corrected chi connectivity index (χ1v) is 8.20. The van der Waals surface area contributed by atoms with Crippen LogP contribution >= 0.6 is 0 Å². The molecule has 6 heteroatoms. The van der Waals surface area contributed by atoms with Crippen molar-refractivity contribution >= 4 is 0 Å². The third-order valence-corrected chi connectivity index (χ3v) is 4.67. The molecule has 1 atom stereocenters. The van der Waals surface area contributed by atoms with Crippen LogP contribution in [0.15, 0.2) is 18.3 Å². The molecule has 4 heterocycles. The SMILES string of the molecule is COc1ccc(-c2nc3c([nH]2)CN(C[C@H]2CCOC2)CC3)cn1. The summed E-state index contributed by atoms with van der Waals surface area (Å²) in [5.74, 6) is 2.20. The van der Waals surface area contributed by atoms with Gasteiger partial charge < -0.3 is 14.5 Å². The summed E-state index contributed by atoms with van der Waals surface area (Å²) in [4.78, 5) is 15.0. The molecule has 6 nitrogen and oxygen atoms in total. The number of hydrogen-bond acceptors (Lipinski definition) is 5. The standard InChI is InChI=1S/C17H22N4O2/c1-22-16-3-2-13(8-18-16)17-19-14-4-6-21(10-15(14)20-17)9-12-5-7-23-11-12/h2-3,8,12H,4-7,9-11H2,1H3,(H,19,20)/t12-/m1/s1. The van der Waals surface area contributed by atoms with Crippen molar-refractivity contribution in [2.45, 2.75) is 19.4 Å². The van der Waals surface area contributed by atoms with E-state index in [9.17, 15) is 0 Å². The average Bonchev–Trinajstić information content (AvgIpc) is 3.24. The first-order valence-electron chi connectivity index (χ1n) is 8.20. The van der Waals surface area contributed by atoms with Crippen molar-refractivity contribution in [3.05, 3.63) is 29.7 Å². The summed E-state index contributed by atoms with van der Waals surface area (Å²) < 4.78 is 10.6. The minimum absolute atomic E-state index is 0.620. The Morgan fingerprint density at radius 2 is 2.39 bits per heavy atom. The van der Waals surface area contributed by atoms with Crippen LogP contribution < -0.4 is 4.74 Å². The van der Waals surface area contributed by atoms with Crippen LogP contribution in [0.4, 0.5) is 0 Å². The molecule has 0 unspecified atom stereocenters. The Kier molecular flexibility index (Phi) is 4.01. The highest BCUT2D eigenvalue weighted by Crippen LogP contribution is 2.24. The second-order valence-electron chi connectivity index (χ2n) is 6.31. The molecular formula is C17H22N4O2. The molecule has 0 bridgehead atoms. The van der Waals surface area contributed by atoms with Crippen molar-refractivity contribution in [1.82, 2.24) is 19.9 Å². The van der Waals surface area contributed by atoms with E-state index in [0.717, 1.165) is 50.7 Å². The lowest BCUT2D eigenvalue weighted by Crippen LogP contribution is -2.34. The fourth-order valence-electron chi connectivity index (χ4n) is 3.38. The summed E-state index contributed by atoms with van der Waals surface area (Å²) >= 11 is 0. The van der Waals surface area contributed by atoms with Crippen LogP contribution in [0.1, 0.15) is 17.8 Å². The van der Waals surface area contributed by atoms with Crippen LogP contribution in [0.25, 0.3) is 11.4 Å². The van der Waals surface area contributed by atoms with E-state index >= 15 is 0 Å². The van der Waals surface area contributed by atoms with Crippen LogP contribution in [-0.2, 0) is 17.7 Å². The molecule has 1 N–H and O–H groups in total. The summed E-state index contributed by atoms with van der Waals surface area (Å²) in [6.07, 6.45) is 3.99. The van der Waals surface area contributed by atoms with Gasteiger partial charge in [-0.25, -0.2) is 9.97 Å². The molecule has 2 aromatic heterocycles. The Hall–Kier alpha value is -1.92. The Bertz CT molecular complexity index is 662. The van der Waals surface area contributed by atoms with E-state index in [1.807, 2.05) is 12.1 Å². The minimum atomic E-state index is 0.620. The predicted octanol–water partition coefficient (Wildman–Crippen LogP) is 1.87. The molecule has 122 valence electrons. The zero-order chi connectivity index (χ0) is 15.6. The van der Waals surface area contributed by atoms with Crippen LogP contribution in [-0.4, -0.2) is 53.3 Å². The van der Waals surface area contributed by atoms with Gasteiger partial charge in [0.15, 0.2) is 0 Å². The zero-order valence-electron chi connectivity index (χ0n) is 13.4. The van der Waals surface area contributed by atoms with Gasteiger partial charge in [-0.05, 0) is 18.4 Å².